The maximum absolute atomic E-state index is 2.36. The summed E-state index contributed by atoms with van der Waals surface area (Å²) in [6.07, 6.45) is 4.60. The Hall–Kier alpha value is -1.30. The minimum absolute atomic E-state index is 1.12. The van der Waals surface area contributed by atoms with Gasteiger partial charge in [-0.05, 0) is 37.8 Å². The Morgan fingerprint density at radius 2 is 1.64 bits per heavy atom. The van der Waals surface area contributed by atoms with Crippen molar-refractivity contribution in [2.24, 2.45) is 0 Å². The van der Waals surface area contributed by atoms with Gasteiger partial charge in [-0.15, -0.1) is 0 Å². The van der Waals surface area contributed by atoms with Gasteiger partial charge in [0.25, 0.3) is 0 Å². The third-order valence-corrected chi connectivity index (χ3v) is 2.98. The van der Waals surface area contributed by atoms with E-state index in [1.807, 2.05) is 0 Å². The van der Waals surface area contributed by atoms with Crippen molar-refractivity contribution in [3.8, 4) is 0 Å². The maximum atomic E-state index is 2.36. The highest BCUT2D eigenvalue weighted by molar-refractivity contribution is 5.69. The summed E-state index contributed by atoms with van der Waals surface area (Å²) in [6, 6.07) is 10.7. The molecule has 0 atom stereocenters. The van der Waals surface area contributed by atoms with Gasteiger partial charge in [-0.1, -0.05) is 47.6 Å². The first-order valence-corrected chi connectivity index (χ1v) is 5.17. The van der Waals surface area contributed by atoms with Crippen molar-refractivity contribution < 1.29 is 0 Å². The zero-order valence-corrected chi connectivity index (χ0v) is 8.88. The summed E-state index contributed by atoms with van der Waals surface area (Å²) in [7, 11) is 0. The number of allylic oxidation sites excluding steroid dienone is 4. The van der Waals surface area contributed by atoms with Gasteiger partial charge in [0, 0.05) is 0 Å². The molecule has 0 nitrogen and oxygen atoms in total. The summed E-state index contributed by atoms with van der Waals surface area (Å²) < 4.78 is 0. The highest BCUT2D eigenvalue weighted by Gasteiger charge is 2.08. The van der Waals surface area contributed by atoms with Crippen molar-refractivity contribution >= 4 is 5.57 Å². The third-order valence-electron chi connectivity index (χ3n) is 2.98. The molecule has 14 heavy (non-hydrogen) atoms. The lowest BCUT2D eigenvalue weighted by Gasteiger charge is -2.16. The van der Waals surface area contributed by atoms with E-state index in [9.17, 15) is 0 Å². The molecule has 0 heteroatoms. The van der Waals surface area contributed by atoms with Crippen LogP contribution in [0.5, 0.6) is 0 Å². The SMILES string of the molecule is CC1=C(C)CC(c2ccccc2)=CC1. The lowest BCUT2D eigenvalue weighted by molar-refractivity contribution is 1.04. The Morgan fingerprint density at radius 3 is 2.29 bits per heavy atom. The topological polar surface area (TPSA) is 0 Å². The van der Waals surface area contributed by atoms with Crippen LogP contribution in [-0.2, 0) is 0 Å². The molecule has 0 spiro atoms. The average molecular weight is 184 g/mol. The predicted octanol–water partition coefficient (Wildman–Crippen LogP) is 4.20. The van der Waals surface area contributed by atoms with Gasteiger partial charge < -0.3 is 0 Å². The van der Waals surface area contributed by atoms with Crippen LogP contribution in [0.25, 0.3) is 5.57 Å². The molecule has 0 bridgehead atoms. The molecule has 1 aromatic rings. The lowest BCUT2D eigenvalue weighted by Crippen LogP contribution is -1.95. The Bertz CT molecular complexity index is 380. The number of hydrogen-bond donors (Lipinski definition) is 0. The van der Waals surface area contributed by atoms with Crippen molar-refractivity contribution in [2.45, 2.75) is 26.7 Å². The summed E-state index contributed by atoms with van der Waals surface area (Å²) in [5.74, 6) is 0. The average Bonchev–Trinajstić information content (AvgIpc) is 2.23. The molecule has 1 aliphatic rings. The molecule has 0 radical (unpaired) electrons. The molecule has 0 heterocycles. The molecule has 0 unspecified atom stereocenters. The van der Waals surface area contributed by atoms with Gasteiger partial charge in [0.1, 0.15) is 0 Å². The Labute approximate surface area is 86.0 Å². The standard InChI is InChI=1S/C14H16/c1-11-8-9-14(10-12(11)2)13-6-4-3-5-7-13/h3-7,9H,8,10H2,1-2H3. The van der Waals surface area contributed by atoms with E-state index in [0.717, 1.165) is 12.8 Å². The third kappa shape index (κ3) is 1.79. The Morgan fingerprint density at radius 1 is 0.929 bits per heavy atom. The molecule has 0 saturated heterocycles. The number of hydrogen-bond acceptors (Lipinski definition) is 0. The first-order valence-electron chi connectivity index (χ1n) is 5.17. The van der Waals surface area contributed by atoms with Gasteiger partial charge in [0.05, 0.1) is 0 Å². The van der Waals surface area contributed by atoms with Gasteiger partial charge in [-0.25, -0.2) is 0 Å². The molecule has 72 valence electrons. The van der Waals surface area contributed by atoms with Crippen molar-refractivity contribution in [1.82, 2.24) is 0 Å². The highest BCUT2D eigenvalue weighted by atomic mass is 14.1. The predicted molar refractivity (Wildman–Crippen MR) is 62.0 cm³/mol. The van der Waals surface area contributed by atoms with E-state index in [-0.39, 0.29) is 0 Å². The normalized spacial score (nSPS) is 16.9. The second kappa shape index (κ2) is 3.83. The van der Waals surface area contributed by atoms with Crippen molar-refractivity contribution in [3.63, 3.8) is 0 Å². The summed E-state index contributed by atoms with van der Waals surface area (Å²) in [6.45, 7) is 4.47. The van der Waals surface area contributed by atoms with Crippen LogP contribution in [-0.4, -0.2) is 0 Å². The van der Waals surface area contributed by atoms with Gasteiger partial charge in [-0.3, -0.25) is 0 Å². The van der Waals surface area contributed by atoms with Crippen LogP contribution in [0.1, 0.15) is 32.3 Å². The smallest absolute Gasteiger partial charge is 0.00643 e. The highest BCUT2D eigenvalue weighted by Crippen LogP contribution is 2.30. The zero-order chi connectivity index (χ0) is 9.97. The van der Waals surface area contributed by atoms with Crippen LogP contribution in [0, 0.1) is 0 Å². The minimum atomic E-state index is 1.12. The Kier molecular flexibility index (Phi) is 2.53. The first-order chi connectivity index (χ1) is 6.77. The molecule has 0 fully saturated rings. The van der Waals surface area contributed by atoms with E-state index in [1.54, 1.807) is 0 Å². The molecule has 0 aromatic heterocycles. The molecule has 0 N–H and O–H groups in total. The summed E-state index contributed by atoms with van der Waals surface area (Å²) in [5.41, 5.74) is 5.92. The van der Waals surface area contributed by atoms with Crippen molar-refractivity contribution in [3.05, 3.63) is 53.1 Å². The van der Waals surface area contributed by atoms with Crippen LogP contribution in [0.15, 0.2) is 47.6 Å². The molecule has 0 saturated carbocycles. The van der Waals surface area contributed by atoms with E-state index in [0.29, 0.717) is 0 Å². The zero-order valence-electron chi connectivity index (χ0n) is 8.88. The van der Waals surface area contributed by atoms with Gasteiger partial charge in [0.2, 0.25) is 0 Å². The van der Waals surface area contributed by atoms with Gasteiger partial charge >= 0.3 is 0 Å². The van der Waals surface area contributed by atoms with Crippen LogP contribution >= 0.6 is 0 Å². The molecule has 2 rings (SSSR count). The summed E-state index contributed by atoms with van der Waals surface area (Å²) >= 11 is 0. The molecule has 0 amide bonds. The van der Waals surface area contributed by atoms with Crippen LogP contribution in [0.4, 0.5) is 0 Å². The van der Waals surface area contributed by atoms with E-state index in [4.69, 9.17) is 0 Å². The molecular weight excluding hydrogens is 168 g/mol. The van der Waals surface area contributed by atoms with Gasteiger partial charge in [-0.2, -0.15) is 0 Å². The lowest BCUT2D eigenvalue weighted by atomic mass is 9.90. The van der Waals surface area contributed by atoms with E-state index in [2.05, 4.69) is 50.3 Å². The second-order valence-electron chi connectivity index (χ2n) is 4.04. The van der Waals surface area contributed by atoms with E-state index in [1.165, 1.54) is 22.3 Å². The number of rotatable bonds is 1. The quantitative estimate of drug-likeness (QED) is 0.574. The first kappa shape index (κ1) is 9.26. The van der Waals surface area contributed by atoms with Crippen LogP contribution in [0.2, 0.25) is 0 Å². The monoisotopic (exact) mass is 184 g/mol. The Balaban J connectivity index is 2.24. The fraction of sp³-hybridized carbons (Fsp3) is 0.286. The minimum Gasteiger partial charge on any atom is -0.0763 e. The van der Waals surface area contributed by atoms with E-state index < -0.39 is 0 Å². The molecule has 0 aliphatic heterocycles. The van der Waals surface area contributed by atoms with E-state index >= 15 is 0 Å². The summed E-state index contributed by atoms with van der Waals surface area (Å²) in [4.78, 5) is 0. The summed E-state index contributed by atoms with van der Waals surface area (Å²) in [5, 5.41) is 0. The van der Waals surface area contributed by atoms with Crippen molar-refractivity contribution in [2.75, 3.05) is 0 Å². The fourth-order valence-corrected chi connectivity index (χ4v) is 1.83. The number of benzene rings is 1. The maximum Gasteiger partial charge on any atom is -0.00643 e. The largest absolute Gasteiger partial charge is 0.0763 e. The van der Waals surface area contributed by atoms with Gasteiger partial charge in [0.15, 0.2) is 0 Å². The molecular formula is C14H16. The molecule has 1 aliphatic carbocycles. The fourth-order valence-electron chi connectivity index (χ4n) is 1.83. The molecule has 1 aromatic carbocycles. The van der Waals surface area contributed by atoms with Crippen LogP contribution < -0.4 is 0 Å². The van der Waals surface area contributed by atoms with Crippen LogP contribution in [0.3, 0.4) is 0 Å². The second-order valence-corrected chi connectivity index (χ2v) is 4.04. The van der Waals surface area contributed by atoms with Crippen molar-refractivity contribution in [1.29, 1.82) is 0 Å².